The van der Waals surface area contributed by atoms with Crippen molar-refractivity contribution in [3.63, 3.8) is 0 Å². The minimum Gasteiger partial charge on any atom is -0.299 e. The number of nitrogens with one attached hydrogen (secondary N) is 2. The Bertz CT molecular complexity index is 722. The average molecular weight is 465 g/mol. The van der Waals surface area contributed by atoms with Crippen LogP contribution in [0.25, 0.3) is 0 Å². The molecule has 0 atom stereocenters. The summed E-state index contributed by atoms with van der Waals surface area (Å²) in [5.74, 6) is -0.162. The van der Waals surface area contributed by atoms with Gasteiger partial charge in [-0.1, -0.05) is 30.0 Å². The number of carbonyl (C=O) groups is 1. The summed E-state index contributed by atoms with van der Waals surface area (Å²) in [7, 11) is 0. The molecule has 0 aliphatic heterocycles. The Morgan fingerprint density at radius 3 is 3.00 bits per heavy atom. The number of aromatic nitrogens is 4. The van der Waals surface area contributed by atoms with Crippen molar-refractivity contribution in [1.29, 1.82) is 0 Å². The van der Waals surface area contributed by atoms with Crippen LogP contribution in [-0.4, -0.2) is 31.2 Å². The van der Waals surface area contributed by atoms with Crippen LogP contribution in [0.15, 0.2) is 18.2 Å². The maximum atomic E-state index is 12.2. The Kier molecular flexibility index (Phi) is 6.66. The molecule has 10 heteroatoms. The number of unbranched alkanes of at least 4 members (excludes halogenated alkanes) is 1. The van der Waals surface area contributed by atoms with Gasteiger partial charge in [-0.25, -0.2) is 0 Å². The van der Waals surface area contributed by atoms with E-state index < -0.39 is 5.91 Å². The Hall–Kier alpha value is -1.33. The van der Waals surface area contributed by atoms with Gasteiger partial charge in [-0.05, 0) is 64.6 Å². The van der Waals surface area contributed by atoms with Gasteiger partial charge in [0.25, 0.3) is 11.9 Å². The second-order valence-corrected chi connectivity index (χ2v) is 6.66. The molecule has 0 aliphatic carbocycles. The van der Waals surface area contributed by atoms with E-state index >= 15 is 0 Å². The van der Waals surface area contributed by atoms with Crippen molar-refractivity contribution >= 4 is 63.4 Å². The molecule has 0 bridgehead atoms. The van der Waals surface area contributed by atoms with Gasteiger partial charge in [0.15, 0.2) is 5.11 Å². The molecular weight excluding hydrogens is 451 g/mol. The number of amides is 1. The first kappa shape index (κ1) is 18.0. The molecule has 0 saturated heterocycles. The second-order valence-electron chi connectivity index (χ2n) is 4.59. The second kappa shape index (κ2) is 8.50. The molecule has 1 heterocycles. The first-order chi connectivity index (χ1) is 11.0. The van der Waals surface area contributed by atoms with E-state index in [2.05, 4.69) is 55.6 Å². The van der Waals surface area contributed by atoms with Crippen molar-refractivity contribution in [1.82, 2.24) is 25.5 Å². The predicted molar refractivity (Wildman–Crippen MR) is 101 cm³/mol. The maximum Gasteiger partial charge on any atom is 0.269 e. The molecule has 7 nitrogen and oxygen atoms in total. The largest absolute Gasteiger partial charge is 0.299 e. The van der Waals surface area contributed by atoms with Crippen molar-refractivity contribution in [2.24, 2.45) is 0 Å². The summed E-state index contributed by atoms with van der Waals surface area (Å²) in [6, 6.07) is 5.16. The quantitative estimate of drug-likeness (QED) is 0.523. The van der Waals surface area contributed by atoms with Gasteiger partial charge >= 0.3 is 0 Å². The van der Waals surface area contributed by atoms with Crippen LogP contribution in [0, 0.1) is 3.57 Å². The molecule has 2 rings (SSSR count). The van der Waals surface area contributed by atoms with Gasteiger partial charge in [0.1, 0.15) is 0 Å². The first-order valence-electron chi connectivity index (χ1n) is 6.84. The van der Waals surface area contributed by atoms with Crippen LogP contribution < -0.4 is 10.6 Å². The zero-order valence-corrected chi connectivity index (χ0v) is 15.9. The van der Waals surface area contributed by atoms with Gasteiger partial charge < -0.3 is 0 Å². The number of carbonyl (C=O) groups excluding carboxylic acids is 1. The van der Waals surface area contributed by atoms with E-state index in [0.29, 0.717) is 17.1 Å². The summed E-state index contributed by atoms with van der Waals surface area (Å²) in [5.41, 5.74) is 0.349. The molecule has 1 aromatic carbocycles. The SMILES string of the molecule is CCCCn1nnc(NC(=S)NC(=O)c2cc(I)ccc2Cl)n1. The molecule has 23 heavy (non-hydrogen) atoms. The zero-order chi connectivity index (χ0) is 16.8. The van der Waals surface area contributed by atoms with Crippen LogP contribution >= 0.6 is 46.4 Å². The smallest absolute Gasteiger partial charge is 0.269 e. The van der Waals surface area contributed by atoms with Crippen LogP contribution in [-0.2, 0) is 6.54 Å². The number of aryl methyl sites for hydroxylation is 1. The lowest BCUT2D eigenvalue weighted by Gasteiger charge is -2.08. The van der Waals surface area contributed by atoms with Crippen molar-refractivity contribution in [3.8, 4) is 0 Å². The highest BCUT2D eigenvalue weighted by Crippen LogP contribution is 2.18. The highest BCUT2D eigenvalue weighted by atomic mass is 127. The number of hydrogen-bond acceptors (Lipinski definition) is 5. The van der Waals surface area contributed by atoms with Crippen LogP contribution in [0.1, 0.15) is 30.1 Å². The first-order valence-corrected chi connectivity index (χ1v) is 8.71. The number of tetrazole rings is 1. The Labute approximate surface area is 157 Å². The number of thiocarbonyl (C=S) groups is 1. The maximum absolute atomic E-state index is 12.2. The van der Waals surface area contributed by atoms with E-state index in [1.54, 1.807) is 12.1 Å². The molecule has 2 aromatic rings. The normalized spacial score (nSPS) is 10.4. The lowest BCUT2D eigenvalue weighted by molar-refractivity contribution is 0.0978. The summed E-state index contributed by atoms with van der Waals surface area (Å²) in [6.07, 6.45) is 2.00. The number of rotatable bonds is 5. The highest BCUT2D eigenvalue weighted by molar-refractivity contribution is 14.1. The van der Waals surface area contributed by atoms with E-state index in [1.165, 1.54) is 4.80 Å². The Morgan fingerprint density at radius 1 is 1.48 bits per heavy atom. The Balaban J connectivity index is 1.95. The van der Waals surface area contributed by atoms with Crippen molar-refractivity contribution in [2.75, 3.05) is 5.32 Å². The van der Waals surface area contributed by atoms with Crippen LogP contribution in [0.3, 0.4) is 0 Å². The molecule has 1 aromatic heterocycles. The zero-order valence-electron chi connectivity index (χ0n) is 12.2. The fourth-order valence-corrected chi connectivity index (χ4v) is 2.54. The van der Waals surface area contributed by atoms with E-state index in [9.17, 15) is 4.79 Å². The molecule has 2 N–H and O–H groups in total. The third kappa shape index (κ3) is 5.36. The topological polar surface area (TPSA) is 84.7 Å². The van der Waals surface area contributed by atoms with Crippen LogP contribution in [0.4, 0.5) is 5.95 Å². The molecule has 1 amide bonds. The highest BCUT2D eigenvalue weighted by Gasteiger charge is 2.13. The average Bonchev–Trinajstić information content (AvgIpc) is 2.94. The summed E-state index contributed by atoms with van der Waals surface area (Å²) in [5, 5.41) is 17.5. The van der Waals surface area contributed by atoms with E-state index in [0.717, 1.165) is 16.4 Å². The molecule has 0 spiro atoms. The molecule has 0 fully saturated rings. The Morgan fingerprint density at radius 2 is 2.26 bits per heavy atom. The summed E-state index contributed by atoms with van der Waals surface area (Å²) >= 11 is 13.2. The van der Waals surface area contributed by atoms with E-state index in [1.807, 2.05) is 6.07 Å². The molecular formula is C13H14ClIN6OS. The summed E-state index contributed by atoms with van der Waals surface area (Å²) < 4.78 is 0.900. The van der Waals surface area contributed by atoms with Gasteiger partial charge in [-0.3, -0.25) is 15.4 Å². The van der Waals surface area contributed by atoms with Gasteiger partial charge in [0.05, 0.1) is 17.1 Å². The van der Waals surface area contributed by atoms with E-state index in [-0.39, 0.29) is 11.1 Å². The van der Waals surface area contributed by atoms with Crippen molar-refractivity contribution in [3.05, 3.63) is 32.4 Å². The standard InChI is InChI=1S/C13H14ClIN6OS/c1-2-3-6-21-19-12(18-20-21)17-13(23)16-11(22)9-7-8(15)4-5-10(9)14/h4-5,7H,2-3,6H2,1H3,(H2,16,17,19,22,23). The lowest BCUT2D eigenvalue weighted by Crippen LogP contribution is -2.34. The summed E-state index contributed by atoms with van der Waals surface area (Å²) in [4.78, 5) is 13.7. The van der Waals surface area contributed by atoms with Crippen LogP contribution in [0.2, 0.25) is 5.02 Å². The monoisotopic (exact) mass is 464 g/mol. The minimum atomic E-state index is -0.399. The van der Waals surface area contributed by atoms with Crippen molar-refractivity contribution in [2.45, 2.75) is 26.3 Å². The molecule has 122 valence electrons. The number of hydrogen-bond donors (Lipinski definition) is 2. The number of anilines is 1. The fraction of sp³-hybridized carbons (Fsp3) is 0.308. The number of halogens is 2. The van der Waals surface area contributed by atoms with Crippen LogP contribution in [0.5, 0.6) is 0 Å². The number of nitrogens with zero attached hydrogens (tertiary/aromatic N) is 4. The van der Waals surface area contributed by atoms with Gasteiger partial charge in [0, 0.05) is 3.57 Å². The molecule has 0 radical (unpaired) electrons. The van der Waals surface area contributed by atoms with Crippen molar-refractivity contribution < 1.29 is 4.79 Å². The van der Waals surface area contributed by atoms with Gasteiger partial charge in [0.2, 0.25) is 0 Å². The van der Waals surface area contributed by atoms with Gasteiger partial charge in [-0.15, -0.1) is 5.10 Å². The third-order valence-corrected chi connectivity index (χ3v) is 3.99. The molecule has 0 aliphatic rings. The van der Waals surface area contributed by atoms with Gasteiger partial charge in [-0.2, -0.15) is 4.80 Å². The lowest BCUT2D eigenvalue weighted by atomic mass is 10.2. The fourth-order valence-electron chi connectivity index (χ4n) is 1.66. The minimum absolute atomic E-state index is 0.0833. The predicted octanol–water partition coefficient (Wildman–Crippen LogP) is 2.86. The van der Waals surface area contributed by atoms with E-state index in [4.69, 9.17) is 23.8 Å². The third-order valence-electron chi connectivity index (χ3n) is 2.79. The molecule has 0 saturated carbocycles. The molecule has 0 unspecified atom stereocenters. The summed E-state index contributed by atoms with van der Waals surface area (Å²) in [6.45, 7) is 2.76. The number of benzene rings is 1.